The van der Waals surface area contributed by atoms with E-state index in [1.807, 2.05) is 6.92 Å². The van der Waals surface area contributed by atoms with E-state index in [1.165, 1.54) is 0 Å². The second-order valence-electron chi connectivity index (χ2n) is 4.67. The second kappa shape index (κ2) is 2.71. The Hall–Kier alpha value is -0.570. The normalized spacial score (nSPS) is 44.2. The van der Waals surface area contributed by atoms with Crippen molar-refractivity contribution in [3.8, 4) is 0 Å². The molecule has 3 nitrogen and oxygen atoms in total. The van der Waals surface area contributed by atoms with Gasteiger partial charge >= 0.3 is 5.97 Å². The van der Waals surface area contributed by atoms with Gasteiger partial charge in [-0.25, -0.2) is 0 Å². The van der Waals surface area contributed by atoms with Crippen LogP contribution in [-0.4, -0.2) is 22.7 Å². The molecule has 2 N–H and O–H groups in total. The van der Waals surface area contributed by atoms with Crippen LogP contribution in [0.15, 0.2) is 0 Å². The molecule has 0 amide bonds. The molecule has 2 saturated carbocycles. The van der Waals surface area contributed by atoms with Crippen LogP contribution in [0.4, 0.5) is 0 Å². The summed E-state index contributed by atoms with van der Waals surface area (Å²) in [5, 5.41) is 12.5. The fourth-order valence-corrected chi connectivity index (χ4v) is 2.32. The van der Waals surface area contributed by atoms with Gasteiger partial charge in [0.1, 0.15) is 5.54 Å². The molecule has 0 saturated heterocycles. The van der Waals surface area contributed by atoms with Crippen molar-refractivity contribution in [2.75, 3.05) is 0 Å². The van der Waals surface area contributed by atoms with Crippen LogP contribution in [0.25, 0.3) is 0 Å². The number of carbonyl (C=O) groups is 1. The lowest BCUT2D eigenvalue weighted by atomic mass is 9.60. The van der Waals surface area contributed by atoms with E-state index in [1.54, 1.807) is 0 Å². The summed E-state index contributed by atoms with van der Waals surface area (Å²) in [6.07, 6.45) is 3.09. The first-order valence-electron chi connectivity index (χ1n) is 5.07. The Kier molecular flexibility index (Phi) is 1.88. The van der Waals surface area contributed by atoms with Crippen LogP contribution in [0.5, 0.6) is 0 Å². The summed E-state index contributed by atoms with van der Waals surface area (Å²) in [5.74, 6) is 0.151. The fraction of sp³-hybridized carbons (Fsp3) is 0.900. The van der Waals surface area contributed by atoms with Crippen LogP contribution in [0.3, 0.4) is 0 Å². The lowest BCUT2D eigenvalue weighted by Crippen LogP contribution is -2.66. The molecule has 3 unspecified atom stereocenters. The molecule has 2 aliphatic carbocycles. The first-order chi connectivity index (χ1) is 6.06. The average Bonchev–Trinajstić information content (AvgIpc) is 2.86. The van der Waals surface area contributed by atoms with Gasteiger partial charge in [-0.2, -0.15) is 0 Å². The van der Waals surface area contributed by atoms with Crippen molar-refractivity contribution in [1.82, 2.24) is 5.32 Å². The molecule has 0 aromatic rings. The van der Waals surface area contributed by atoms with Gasteiger partial charge in [-0.1, -0.05) is 13.8 Å². The summed E-state index contributed by atoms with van der Waals surface area (Å²) in [6.45, 7) is 4.16. The zero-order valence-corrected chi connectivity index (χ0v) is 8.21. The topological polar surface area (TPSA) is 49.3 Å². The highest BCUT2D eigenvalue weighted by Crippen LogP contribution is 2.45. The molecular formula is C10H17NO2. The molecule has 0 radical (unpaired) electrons. The van der Waals surface area contributed by atoms with Gasteiger partial charge in [0.15, 0.2) is 0 Å². The summed E-state index contributed by atoms with van der Waals surface area (Å²) in [6, 6.07) is 0.478. The van der Waals surface area contributed by atoms with E-state index in [0.717, 1.165) is 19.3 Å². The highest BCUT2D eigenvalue weighted by atomic mass is 16.4. The van der Waals surface area contributed by atoms with Crippen LogP contribution < -0.4 is 5.32 Å². The van der Waals surface area contributed by atoms with Gasteiger partial charge in [0.2, 0.25) is 0 Å². The molecule has 2 rings (SSSR count). The summed E-state index contributed by atoms with van der Waals surface area (Å²) in [5.41, 5.74) is -0.597. The molecule has 2 aliphatic rings. The summed E-state index contributed by atoms with van der Waals surface area (Å²) in [7, 11) is 0. The summed E-state index contributed by atoms with van der Waals surface area (Å²) < 4.78 is 0. The Bertz CT molecular complexity index is 237. The van der Waals surface area contributed by atoms with Crippen molar-refractivity contribution in [3.05, 3.63) is 0 Å². The Balaban J connectivity index is 2.07. The number of hydrogen-bond donors (Lipinski definition) is 2. The minimum Gasteiger partial charge on any atom is -0.480 e. The predicted molar refractivity (Wildman–Crippen MR) is 49.5 cm³/mol. The average molecular weight is 183 g/mol. The van der Waals surface area contributed by atoms with Crippen LogP contribution in [0.1, 0.15) is 33.1 Å². The molecule has 0 spiro atoms. The minimum absolute atomic E-state index is 0.269. The first kappa shape index (κ1) is 9.00. The monoisotopic (exact) mass is 183 g/mol. The van der Waals surface area contributed by atoms with Crippen molar-refractivity contribution in [2.45, 2.75) is 44.7 Å². The maximum absolute atomic E-state index is 11.2. The van der Waals surface area contributed by atoms with E-state index in [-0.39, 0.29) is 5.92 Å². The highest BCUT2D eigenvalue weighted by Gasteiger charge is 2.56. The lowest BCUT2D eigenvalue weighted by molar-refractivity contribution is -0.157. The van der Waals surface area contributed by atoms with Crippen molar-refractivity contribution < 1.29 is 9.90 Å². The zero-order valence-electron chi connectivity index (χ0n) is 8.21. The molecule has 0 bridgehead atoms. The van der Waals surface area contributed by atoms with Crippen molar-refractivity contribution in [1.29, 1.82) is 0 Å². The first-order valence-corrected chi connectivity index (χ1v) is 5.07. The molecule has 13 heavy (non-hydrogen) atoms. The summed E-state index contributed by atoms with van der Waals surface area (Å²) in [4.78, 5) is 11.2. The molecule has 0 aliphatic heterocycles. The van der Waals surface area contributed by atoms with Crippen molar-refractivity contribution >= 4 is 5.97 Å². The Morgan fingerprint density at radius 1 is 1.46 bits per heavy atom. The largest absolute Gasteiger partial charge is 0.480 e. The van der Waals surface area contributed by atoms with Crippen LogP contribution in [0.2, 0.25) is 0 Å². The lowest BCUT2D eigenvalue weighted by Gasteiger charge is -2.50. The smallest absolute Gasteiger partial charge is 0.324 e. The molecular weight excluding hydrogens is 166 g/mol. The molecule has 3 heteroatoms. The van der Waals surface area contributed by atoms with E-state index in [9.17, 15) is 9.90 Å². The van der Waals surface area contributed by atoms with Crippen molar-refractivity contribution in [2.24, 2.45) is 11.8 Å². The van der Waals surface area contributed by atoms with Gasteiger partial charge < -0.3 is 5.11 Å². The molecule has 74 valence electrons. The van der Waals surface area contributed by atoms with Crippen molar-refractivity contribution in [3.63, 3.8) is 0 Å². The maximum Gasteiger partial charge on any atom is 0.324 e. The third kappa shape index (κ3) is 1.26. The van der Waals surface area contributed by atoms with Crippen LogP contribution in [0, 0.1) is 11.8 Å². The number of nitrogens with one attached hydrogen (secondary N) is 1. The SMILES string of the molecule is CC1CC(NC2CC2)(C(=O)O)C1C. The van der Waals surface area contributed by atoms with Gasteiger partial charge in [-0.15, -0.1) is 0 Å². The fourth-order valence-electron chi connectivity index (χ4n) is 2.32. The van der Waals surface area contributed by atoms with Crippen LogP contribution >= 0.6 is 0 Å². The third-order valence-electron chi connectivity index (χ3n) is 3.70. The van der Waals surface area contributed by atoms with Crippen LogP contribution in [-0.2, 0) is 4.79 Å². The second-order valence-corrected chi connectivity index (χ2v) is 4.67. The standard InChI is InChI=1S/C10H17NO2/c1-6-5-10(7(6)2,9(12)13)11-8-3-4-8/h6-8,11H,3-5H2,1-2H3,(H,12,13). The van der Waals surface area contributed by atoms with Gasteiger partial charge in [0.25, 0.3) is 0 Å². The Morgan fingerprint density at radius 3 is 2.38 bits per heavy atom. The number of rotatable bonds is 3. The summed E-state index contributed by atoms with van der Waals surface area (Å²) >= 11 is 0. The Morgan fingerprint density at radius 2 is 2.08 bits per heavy atom. The van der Waals surface area contributed by atoms with Gasteiger partial charge in [0.05, 0.1) is 0 Å². The van der Waals surface area contributed by atoms with E-state index < -0.39 is 11.5 Å². The van der Waals surface area contributed by atoms with E-state index in [4.69, 9.17) is 0 Å². The maximum atomic E-state index is 11.2. The van der Waals surface area contributed by atoms with Gasteiger partial charge in [-0.3, -0.25) is 10.1 Å². The predicted octanol–water partition coefficient (Wildman–Crippen LogP) is 1.24. The van der Waals surface area contributed by atoms with E-state index in [2.05, 4.69) is 12.2 Å². The number of carboxylic acid groups (broad SMARTS) is 1. The van der Waals surface area contributed by atoms with Gasteiger partial charge in [-0.05, 0) is 31.1 Å². The quantitative estimate of drug-likeness (QED) is 0.692. The Labute approximate surface area is 78.5 Å². The molecule has 3 atom stereocenters. The van der Waals surface area contributed by atoms with Gasteiger partial charge in [0, 0.05) is 6.04 Å². The number of hydrogen-bond acceptors (Lipinski definition) is 2. The molecule has 0 aromatic heterocycles. The van der Waals surface area contributed by atoms with E-state index >= 15 is 0 Å². The molecule has 2 fully saturated rings. The number of carboxylic acids is 1. The third-order valence-corrected chi connectivity index (χ3v) is 3.70. The van der Waals surface area contributed by atoms with E-state index in [0.29, 0.717) is 12.0 Å². The minimum atomic E-state index is -0.662. The molecule has 0 aromatic carbocycles. The molecule has 0 heterocycles. The zero-order chi connectivity index (χ0) is 9.64. The highest BCUT2D eigenvalue weighted by molar-refractivity contribution is 5.81. The number of aliphatic carboxylic acids is 1.